The third kappa shape index (κ3) is 5.45. The molecule has 132 valence electrons. The van der Waals surface area contributed by atoms with Crippen LogP contribution < -0.4 is 5.32 Å². The van der Waals surface area contributed by atoms with Gasteiger partial charge in [0.1, 0.15) is 0 Å². The van der Waals surface area contributed by atoms with Gasteiger partial charge in [-0.1, -0.05) is 29.3 Å². The Morgan fingerprint density at radius 3 is 2.48 bits per heavy atom. The molecular formula is C16H13Cl2NO5S. The quantitative estimate of drug-likeness (QED) is 0.776. The number of benzene rings is 2. The van der Waals surface area contributed by atoms with Gasteiger partial charge in [0.15, 0.2) is 16.4 Å². The third-order valence-corrected chi connectivity index (χ3v) is 4.70. The Morgan fingerprint density at radius 1 is 1.12 bits per heavy atom. The van der Waals surface area contributed by atoms with E-state index in [1.807, 2.05) is 0 Å². The Balaban J connectivity index is 1.99. The van der Waals surface area contributed by atoms with Gasteiger partial charge >= 0.3 is 5.97 Å². The molecule has 0 aliphatic rings. The van der Waals surface area contributed by atoms with E-state index < -0.39 is 28.3 Å². The summed E-state index contributed by atoms with van der Waals surface area (Å²) in [6.45, 7) is -0.555. The zero-order valence-corrected chi connectivity index (χ0v) is 15.3. The number of esters is 1. The van der Waals surface area contributed by atoms with E-state index in [1.54, 1.807) is 6.07 Å². The number of amides is 1. The van der Waals surface area contributed by atoms with Crippen LogP contribution in [-0.4, -0.2) is 33.2 Å². The normalized spacial score (nSPS) is 11.0. The van der Waals surface area contributed by atoms with Crippen LogP contribution in [0.3, 0.4) is 0 Å². The molecule has 25 heavy (non-hydrogen) atoms. The Hall–Kier alpha value is -2.09. The number of anilines is 1. The second-order valence-electron chi connectivity index (χ2n) is 5.05. The van der Waals surface area contributed by atoms with Crippen molar-refractivity contribution in [3.05, 3.63) is 58.1 Å². The van der Waals surface area contributed by atoms with E-state index in [0.717, 1.165) is 6.26 Å². The smallest absolute Gasteiger partial charge is 0.338 e. The number of sulfone groups is 1. The molecule has 0 aliphatic heterocycles. The Labute approximate surface area is 154 Å². The van der Waals surface area contributed by atoms with Crippen molar-refractivity contribution in [1.82, 2.24) is 0 Å². The average Bonchev–Trinajstić information content (AvgIpc) is 2.54. The highest BCUT2D eigenvalue weighted by molar-refractivity contribution is 7.90. The van der Waals surface area contributed by atoms with Gasteiger partial charge in [0.25, 0.3) is 5.91 Å². The van der Waals surface area contributed by atoms with E-state index >= 15 is 0 Å². The Morgan fingerprint density at radius 2 is 1.84 bits per heavy atom. The summed E-state index contributed by atoms with van der Waals surface area (Å²) in [5.41, 5.74) is 0.353. The van der Waals surface area contributed by atoms with Crippen molar-refractivity contribution in [2.75, 3.05) is 18.2 Å². The van der Waals surface area contributed by atoms with E-state index in [9.17, 15) is 18.0 Å². The lowest BCUT2D eigenvalue weighted by Gasteiger charge is -2.08. The van der Waals surface area contributed by atoms with Crippen molar-refractivity contribution in [2.45, 2.75) is 4.90 Å². The van der Waals surface area contributed by atoms with E-state index in [-0.39, 0.29) is 15.5 Å². The SMILES string of the molecule is CS(=O)(=O)c1cccc(C(=O)OCC(=O)Nc2ccc(Cl)cc2Cl)c1. The van der Waals surface area contributed by atoms with Gasteiger partial charge in [0.2, 0.25) is 0 Å². The van der Waals surface area contributed by atoms with Crippen molar-refractivity contribution in [3.8, 4) is 0 Å². The highest BCUT2D eigenvalue weighted by atomic mass is 35.5. The summed E-state index contributed by atoms with van der Waals surface area (Å²) >= 11 is 11.7. The highest BCUT2D eigenvalue weighted by Gasteiger charge is 2.14. The predicted molar refractivity (Wildman–Crippen MR) is 94.9 cm³/mol. The lowest BCUT2D eigenvalue weighted by molar-refractivity contribution is -0.119. The number of rotatable bonds is 5. The summed E-state index contributed by atoms with van der Waals surface area (Å²) in [7, 11) is -3.45. The molecule has 9 heteroatoms. The number of carbonyl (C=O) groups excluding carboxylic acids is 2. The lowest BCUT2D eigenvalue weighted by Crippen LogP contribution is -2.21. The summed E-state index contributed by atoms with van der Waals surface area (Å²) < 4.78 is 27.9. The number of ether oxygens (including phenoxy) is 1. The first-order valence-electron chi connectivity index (χ1n) is 6.89. The van der Waals surface area contributed by atoms with Gasteiger partial charge in [-0.3, -0.25) is 4.79 Å². The van der Waals surface area contributed by atoms with Crippen molar-refractivity contribution in [3.63, 3.8) is 0 Å². The minimum Gasteiger partial charge on any atom is -0.452 e. The first-order valence-corrected chi connectivity index (χ1v) is 9.54. The molecular weight excluding hydrogens is 389 g/mol. The minimum atomic E-state index is -3.45. The standard InChI is InChI=1S/C16H13Cl2NO5S/c1-25(22,23)12-4-2-3-10(7-12)16(21)24-9-15(20)19-14-6-5-11(17)8-13(14)18/h2-8H,9H2,1H3,(H,19,20). The maximum atomic E-state index is 12.0. The molecule has 0 spiro atoms. The third-order valence-electron chi connectivity index (χ3n) is 3.04. The molecule has 2 aromatic carbocycles. The molecule has 0 unspecified atom stereocenters. The number of nitrogens with one attached hydrogen (secondary N) is 1. The van der Waals surface area contributed by atoms with Crippen molar-refractivity contribution >= 4 is 50.6 Å². The van der Waals surface area contributed by atoms with Gasteiger partial charge in [-0.05, 0) is 36.4 Å². The van der Waals surface area contributed by atoms with E-state index in [4.69, 9.17) is 27.9 Å². The van der Waals surface area contributed by atoms with Gasteiger partial charge in [0.05, 0.1) is 21.2 Å². The maximum Gasteiger partial charge on any atom is 0.338 e. The van der Waals surface area contributed by atoms with Crippen LogP contribution in [0.2, 0.25) is 10.0 Å². The van der Waals surface area contributed by atoms with Crippen LogP contribution >= 0.6 is 23.2 Å². The zero-order valence-electron chi connectivity index (χ0n) is 13.0. The van der Waals surface area contributed by atoms with E-state index in [2.05, 4.69) is 5.32 Å². The minimum absolute atomic E-state index is 0.0145. The molecule has 0 radical (unpaired) electrons. The molecule has 2 aromatic rings. The van der Waals surface area contributed by atoms with Crippen molar-refractivity contribution < 1.29 is 22.7 Å². The second-order valence-corrected chi connectivity index (χ2v) is 7.91. The van der Waals surface area contributed by atoms with Crippen LogP contribution in [0.5, 0.6) is 0 Å². The highest BCUT2D eigenvalue weighted by Crippen LogP contribution is 2.25. The summed E-state index contributed by atoms with van der Waals surface area (Å²) in [4.78, 5) is 23.8. The Bertz CT molecular complexity index is 928. The van der Waals surface area contributed by atoms with Gasteiger partial charge in [-0.15, -0.1) is 0 Å². The molecule has 1 amide bonds. The first-order chi connectivity index (χ1) is 11.7. The number of hydrogen-bond acceptors (Lipinski definition) is 5. The zero-order chi connectivity index (χ0) is 18.6. The maximum absolute atomic E-state index is 12.0. The molecule has 0 aliphatic carbocycles. The lowest BCUT2D eigenvalue weighted by atomic mass is 10.2. The molecule has 0 fully saturated rings. The van der Waals surface area contributed by atoms with Crippen LogP contribution in [0.15, 0.2) is 47.4 Å². The van der Waals surface area contributed by atoms with Crippen molar-refractivity contribution in [2.24, 2.45) is 0 Å². The van der Waals surface area contributed by atoms with Gasteiger partial charge in [-0.25, -0.2) is 13.2 Å². The molecule has 0 atom stereocenters. The van der Waals surface area contributed by atoms with Gasteiger partial charge in [-0.2, -0.15) is 0 Å². The number of hydrogen-bond donors (Lipinski definition) is 1. The topological polar surface area (TPSA) is 89.5 Å². The molecule has 0 saturated carbocycles. The second kappa shape index (κ2) is 7.86. The predicted octanol–water partition coefficient (Wildman–Crippen LogP) is 3.19. The molecule has 0 bridgehead atoms. The Kier molecular flexibility index (Phi) is 6.05. The monoisotopic (exact) mass is 401 g/mol. The van der Waals surface area contributed by atoms with Crippen LogP contribution in [0, 0.1) is 0 Å². The van der Waals surface area contributed by atoms with Gasteiger partial charge < -0.3 is 10.1 Å². The summed E-state index contributed by atoms with van der Waals surface area (Å²) in [5, 5.41) is 3.14. The fourth-order valence-corrected chi connectivity index (χ4v) is 2.97. The molecule has 0 heterocycles. The molecule has 1 N–H and O–H groups in total. The molecule has 0 saturated heterocycles. The average molecular weight is 402 g/mol. The summed E-state index contributed by atoms with van der Waals surface area (Å²) in [6.07, 6.45) is 1.03. The van der Waals surface area contributed by atoms with Crippen molar-refractivity contribution in [1.29, 1.82) is 0 Å². The van der Waals surface area contributed by atoms with Crippen LogP contribution in [0.25, 0.3) is 0 Å². The molecule has 2 rings (SSSR count). The van der Waals surface area contributed by atoms with E-state index in [1.165, 1.54) is 36.4 Å². The van der Waals surface area contributed by atoms with Crippen LogP contribution in [0.1, 0.15) is 10.4 Å². The summed E-state index contributed by atoms with van der Waals surface area (Å²) in [5.74, 6) is -1.42. The van der Waals surface area contributed by atoms with Crippen LogP contribution in [0.4, 0.5) is 5.69 Å². The number of halogens is 2. The largest absolute Gasteiger partial charge is 0.452 e. The van der Waals surface area contributed by atoms with Crippen LogP contribution in [-0.2, 0) is 19.4 Å². The van der Waals surface area contributed by atoms with E-state index in [0.29, 0.717) is 10.7 Å². The number of carbonyl (C=O) groups is 2. The molecule has 6 nitrogen and oxygen atoms in total. The fraction of sp³-hybridized carbons (Fsp3) is 0.125. The first kappa shape index (κ1) is 19.2. The van der Waals surface area contributed by atoms with Gasteiger partial charge in [0, 0.05) is 11.3 Å². The fourth-order valence-electron chi connectivity index (χ4n) is 1.85. The summed E-state index contributed by atoms with van der Waals surface area (Å²) in [6, 6.07) is 9.88. The molecule has 0 aromatic heterocycles.